The number of hydrogen-bond donors (Lipinski definition) is 1. The van der Waals surface area contributed by atoms with Crippen molar-refractivity contribution >= 4 is 0 Å². The molecular formula is C9H16F2O. The first-order valence-electron chi connectivity index (χ1n) is 4.14. The van der Waals surface area contributed by atoms with E-state index in [-0.39, 0.29) is 12.8 Å². The Balaban J connectivity index is 4.56. The first kappa shape index (κ1) is 11.6. The molecule has 0 spiro atoms. The van der Waals surface area contributed by atoms with Gasteiger partial charge in [-0.25, -0.2) is 8.78 Å². The van der Waals surface area contributed by atoms with Crippen LogP contribution in [0.3, 0.4) is 0 Å². The molecule has 1 N–H and O–H groups in total. The van der Waals surface area contributed by atoms with Gasteiger partial charge >= 0.3 is 0 Å². The van der Waals surface area contributed by atoms with Gasteiger partial charge in [0.25, 0.3) is 5.92 Å². The van der Waals surface area contributed by atoms with E-state index in [2.05, 4.69) is 6.58 Å². The summed E-state index contributed by atoms with van der Waals surface area (Å²) in [4.78, 5) is 0. The summed E-state index contributed by atoms with van der Waals surface area (Å²) in [6, 6.07) is 0. The normalized spacial score (nSPS) is 13.1. The zero-order valence-electron chi connectivity index (χ0n) is 7.61. The largest absolute Gasteiger partial charge is 0.384 e. The molecule has 0 heterocycles. The van der Waals surface area contributed by atoms with Crippen LogP contribution in [0.15, 0.2) is 12.7 Å². The number of rotatable bonds is 5. The lowest BCUT2D eigenvalue weighted by Crippen LogP contribution is -2.46. The first-order chi connectivity index (χ1) is 5.43. The molecule has 12 heavy (non-hydrogen) atoms. The Labute approximate surface area is 72.1 Å². The Morgan fingerprint density at radius 2 is 1.75 bits per heavy atom. The van der Waals surface area contributed by atoms with Crippen molar-refractivity contribution < 1.29 is 13.9 Å². The molecule has 0 radical (unpaired) electrons. The molecule has 72 valence electrons. The van der Waals surface area contributed by atoms with Gasteiger partial charge in [0.05, 0.1) is 0 Å². The lowest BCUT2D eigenvalue weighted by atomic mass is 9.88. The van der Waals surface area contributed by atoms with Crippen molar-refractivity contribution in [1.29, 1.82) is 0 Å². The summed E-state index contributed by atoms with van der Waals surface area (Å²) in [5.74, 6) is -3.06. The molecule has 0 amide bonds. The van der Waals surface area contributed by atoms with Gasteiger partial charge in [-0.1, -0.05) is 19.9 Å². The van der Waals surface area contributed by atoms with Crippen molar-refractivity contribution in [2.24, 2.45) is 0 Å². The van der Waals surface area contributed by atoms with Crippen LogP contribution < -0.4 is 0 Å². The molecule has 0 saturated heterocycles. The van der Waals surface area contributed by atoms with Gasteiger partial charge in [0.15, 0.2) is 0 Å². The summed E-state index contributed by atoms with van der Waals surface area (Å²) in [7, 11) is 0. The summed E-state index contributed by atoms with van der Waals surface area (Å²) < 4.78 is 26.3. The third-order valence-electron chi connectivity index (χ3n) is 2.25. The zero-order chi connectivity index (χ0) is 9.83. The predicted molar refractivity (Wildman–Crippen MR) is 45.3 cm³/mol. The van der Waals surface area contributed by atoms with Gasteiger partial charge in [0, 0.05) is 6.42 Å². The molecule has 0 aliphatic rings. The molecule has 0 aromatic rings. The van der Waals surface area contributed by atoms with Crippen molar-refractivity contribution in [1.82, 2.24) is 0 Å². The minimum absolute atomic E-state index is 0.0599. The number of allylic oxidation sites excluding steroid dienone is 1. The van der Waals surface area contributed by atoms with Crippen LogP contribution in [0.2, 0.25) is 0 Å². The minimum atomic E-state index is -3.06. The predicted octanol–water partition coefficient (Wildman–Crippen LogP) is 2.75. The van der Waals surface area contributed by atoms with Crippen LogP contribution in [0.4, 0.5) is 8.78 Å². The van der Waals surface area contributed by atoms with Crippen molar-refractivity contribution in [3.05, 3.63) is 12.7 Å². The van der Waals surface area contributed by atoms with Crippen molar-refractivity contribution in [2.75, 3.05) is 0 Å². The molecule has 0 bridgehead atoms. The Bertz CT molecular complexity index is 151. The van der Waals surface area contributed by atoms with Crippen LogP contribution in [-0.2, 0) is 0 Å². The number of halogens is 2. The first-order valence-corrected chi connectivity index (χ1v) is 4.14. The third-order valence-corrected chi connectivity index (χ3v) is 2.25. The van der Waals surface area contributed by atoms with E-state index < -0.39 is 17.9 Å². The molecule has 0 aliphatic heterocycles. The van der Waals surface area contributed by atoms with Crippen LogP contribution in [-0.4, -0.2) is 16.6 Å². The summed E-state index contributed by atoms with van der Waals surface area (Å²) in [6.07, 6.45) is 0.788. The molecule has 0 aliphatic carbocycles. The Hall–Kier alpha value is -0.440. The van der Waals surface area contributed by atoms with Gasteiger partial charge in [0.1, 0.15) is 5.60 Å². The fourth-order valence-corrected chi connectivity index (χ4v) is 1.14. The maximum absolute atomic E-state index is 13.2. The molecule has 3 heteroatoms. The lowest BCUT2D eigenvalue weighted by molar-refractivity contribution is -0.181. The second-order valence-electron chi connectivity index (χ2n) is 2.94. The SMILES string of the molecule is C=CCC(F)(F)C(O)(CC)CC. The van der Waals surface area contributed by atoms with E-state index in [4.69, 9.17) is 0 Å². The van der Waals surface area contributed by atoms with Crippen LogP contribution in [0.1, 0.15) is 33.1 Å². The molecule has 0 atom stereocenters. The highest BCUT2D eigenvalue weighted by Crippen LogP contribution is 2.37. The van der Waals surface area contributed by atoms with E-state index in [1.807, 2.05) is 0 Å². The second-order valence-corrected chi connectivity index (χ2v) is 2.94. The summed E-state index contributed by atoms with van der Waals surface area (Å²) >= 11 is 0. The highest BCUT2D eigenvalue weighted by Gasteiger charge is 2.48. The van der Waals surface area contributed by atoms with E-state index in [1.54, 1.807) is 13.8 Å². The van der Waals surface area contributed by atoms with E-state index in [0.29, 0.717) is 0 Å². The quantitative estimate of drug-likeness (QED) is 0.642. The van der Waals surface area contributed by atoms with Gasteiger partial charge in [-0.2, -0.15) is 0 Å². The van der Waals surface area contributed by atoms with Crippen molar-refractivity contribution in [3.63, 3.8) is 0 Å². The highest BCUT2D eigenvalue weighted by atomic mass is 19.3. The fraction of sp³-hybridized carbons (Fsp3) is 0.778. The monoisotopic (exact) mass is 178 g/mol. The minimum Gasteiger partial charge on any atom is -0.384 e. The Kier molecular flexibility index (Phi) is 3.84. The molecule has 1 nitrogen and oxygen atoms in total. The Morgan fingerprint density at radius 1 is 1.33 bits per heavy atom. The van der Waals surface area contributed by atoms with E-state index >= 15 is 0 Å². The summed E-state index contributed by atoms with van der Waals surface area (Å²) in [5.41, 5.74) is -1.87. The topological polar surface area (TPSA) is 20.2 Å². The molecule has 0 rings (SSSR count). The van der Waals surface area contributed by atoms with Crippen LogP contribution in [0, 0.1) is 0 Å². The molecule has 0 fully saturated rings. The standard InChI is InChI=1S/C9H16F2O/c1-4-7-9(10,11)8(12,5-2)6-3/h4,12H,1,5-7H2,2-3H3. The van der Waals surface area contributed by atoms with Gasteiger partial charge in [-0.05, 0) is 12.8 Å². The number of alkyl halides is 2. The molecule has 0 saturated carbocycles. The van der Waals surface area contributed by atoms with E-state index in [1.165, 1.54) is 0 Å². The number of hydrogen-bond acceptors (Lipinski definition) is 1. The average Bonchev–Trinajstić information content (AvgIpc) is 2.02. The fourth-order valence-electron chi connectivity index (χ4n) is 1.14. The maximum Gasteiger partial charge on any atom is 0.279 e. The Morgan fingerprint density at radius 3 is 2.00 bits per heavy atom. The molecule has 0 aromatic carbocycles. The van der Waals surface area contributed by atoms with Gasteiger partial charge in [-0.15, -0.1) is 6.58 Å². The number of aliphatic hydroxyl groups is 1. The lowest BCUT2D eigenvalue weighted by Gasteiger charge is -2.33. The van der Waals surface area contributed by atoms with Gasteiger partial charge in [-0.3, -0.25) is 0 Å². The smallest absolute Gasteiger partial charge is 0.279 e. The third kappa shape index (κ3) is 2.03. The molecular weight excluding hydrogens is 162 g/mol. The van der Waals surface area contributed by atoms with Crippen LogP contribution >= 0.6 is 0 Å². The maximum atomic E-state index is 13.2. The van der Waals surface area contributed by atoms with Crippen LogP contribution in [0.5, 0.6) is 0 Å². The molecule has 0 unspecified atom stereocenters. The molecule has 0 aromatic heterocycles. The van der Waals surface area contributed by atoms with E-state index in [0.717, 1.165) is 6.08 Å². The summed E-state index contributed by atoms with van der Waals surface area (Å²) in [6.45, 7) is 6.35. The average molecular weight is 178 g/mol. The second kappa shape index (κ2) is 3.99. The van der Waals surface area contributed by atoms with Crippen LogP contribution in [0.25, 0.3) is 0 Å². The van der Waals surface area contributed by atoms with Crippen molar-refractivity contribution in [3.8, 4) is 0 Å². The highest BCUT2D eigenvalue weighted by molar-refractivity contribution is 4.94. The summed E-state index contributed by atoms with van der Waals surface area (Å²) in [5, 5.41) is 9.49. The van der Waals surface area contributed by atoms with Crippen molar-refractivity contribution in [2.45, 2.75) is 44.6 Å². The van der Waals surface area contributed by atoms with Gasteiger partial charge in [0.2, 0.25) is 0 Å². The van der Waals surface area contributed by atoms with Gasteiger partial charge < -0.3 is 5.11 Å². The zero-order valence-corrected chi connectivity index (χ0v) is 7.61. The van der Waals surface area contributed by atoms with E-state index in [9.17, 15) is 13.9 Å².